The molecule has 0 aromatic heterocycles. The Hall–Kier alpha value is -1.12. The van der Waals surface area contributed by atoms with Crippen molar-refractivity contribution in [2.75, 3.05) is 6.61 Å². The van der Waals surface area contributed by atoms with E-state index in [0.717, 1.165) is 23.7 Å². The fraction of sp³-hybridized carbons (Fsp3) is 0.760. The second-order valence-electron chi connectivity index (χ2n) is 10.0. The molecular weight excluding hydrogens is 354 g/mol. The smallest absolute Gasteiger partial charge is 0.201 e. The van der Waals surface area contributed by atoms with Crippen LogP contribution in [0.3, 0.4) is 0 Å². The van der Waals surface area contributed by atoms with Crippen LogP contribution in [0.2, 0.25) is 0 Å². The molecule has 1 nitrogen and oxygen atoms in total. The molecule has 0 unspecified atom stereocenters. The lowest BCUT2D eigenvalue weighted by molar-refractivity contribution is 0.119. The lowest BCUT2D eigenvalue weighted by atomic mass is 9.69. The van der Waals surface area contributed by atoms with Crippen molar-refractivity contribution in [3.8, 4) is 5.75 Å². The molecule has 156 valence electrons. The molecule has 3 fully saturated rings. The van der Waals surface area contributed by atoms with Gasteiger partial charge >= 0.3 is 0 Å². The van der Waals surface area contributed by atoms with Gasteiger partial charge in [-0.05, 0) is 106 Å². The summed E-state index contributed by atoms with van der Waals surface area (Å²) in [6, 6.07) is 1.67. The van der Waals surface area contributed by atoms with Gasteiger partial charge in [0.1, 0.15) is 0 Å². The first-order valence-electron chi connectivity index (χ1n) is 11.6. The second kappa shape index (κ2) is 8.71. The summed E-state index contributed by atoms with van der Waals surface area (Å²) in [6.45, 7) is 3.90. The molecule has 3 aliphatic rings. The molecule has 0 atom stereocenters. The van der Waals surface area contributed by atoms with Crippen LogP contribution in [0, 0.1) is 55.1 Å². The maximum Gasteiger partial charge on any atom is 0.201 e. The molecular formula is C25H36F2O. The van der Waals surface area contributed by atoms with Crippen LogP contribution >= 0.6 is 0 Å². The zero-order valence-corrected chi connectivity index (χ0v) is 17.6. The predicted molar refractivity (Wildman–Crippen MR) is 110 cm³/mol. The van der Waals surface area contributed by atoms with Gasteiger partial charge < -0.3 is 4.74 Å². The maximum absolute atomic E-state index is 14.2. The standard InChI is InChI=1S/C25H36F2O/c1-16-13-17(2)25(24(27)23(16)26)28-15-20-7-11-22(12-8-20)21-9-5-19(6-10-21)14-18-3-4-18/h13,18-22H,3-12,14-15H2,1-2H3. The maximum atomic E-state index is 14.2. The van der Waals surface area contributed by atoms with E-state index >= 15 is 0 Å². The summed E-state index contributed by atoms with van der Waals surface area (Å²) in [5.74, 6) is 2.89. The third kappa shape index (κ3) is 4.71. The van der Waals surface area contributed by atoms with Crippen molar-refractivity contribution < 1.29 is 13.5 Å². The van der Waals surface area contributed by atoms with Gasteiger partial charge in [0.25, 0.3) is 0 Å². The molecule has 3 heteroatoms. The molecule has 4 rings (SSSR count). The van der Waals surface area contributed by atoms with Gasteiger partial charge in [-0.25, -0.2) is 4.39 Å². The lowest BCUT2D eigenvalue weighted by Crippen LogP contribution is -2.27. The molecule has 3 saturated carbocycles. The van der Waals surface area contributed by atoms with E-state index in [1.165, 1.54) is 70.6 Å². The molecule has 1 aromatic carbocycles. The van der Waals surface area contributed by atoms with Crippen molar-refractivity contribution >= 4 is 0 Å². The molecule has 0 heterocycles. The van der Waals surface area contributed by atoms with E-state index in [1.54, 1.807) is 19.9 Å². The van der Waals surface area contributed by atoms with Crippen molar-refractivity contribution in [2.45, 2.75) is 84.5 Å². The number of hydrogen-bond acceptors (Lipinski definition) is 1. The summed E-state index contributed by atoms with van der Waals surface area (Å²) in [4.78, 5) is 0. The monoisotopic (exact) mass is 390 g/mol. The molecule has 1 aromatic rings. The van der Waals surface area contributed by atoms with E-state index in [0.29, 0.717) is 23.7 Å². The SMILES string of the molecule is Cc1cc(C)c(OCC2CCC(C3CCC(CC4CC4)CC3)CC2)c(F)c1F. The zero-order chi connectivity index (χ0) is 19.7. The summed E-state index contributed by atoms with van der Waals surface area (Å²) >= 11 is 0. The number of benzene rings is 1. The highest BCUT2D eigenvalue weighted by molar-refractivity contribution is 5.38. The molecule has 0 spiro atoms. The minimum Gasteiger partial charge on any atom is -0.490 e. The van der Waals surface area contributed by atoms with Crippen molar-refractivity contribution in [3.63, 3.8) is 0 Å². The first-order valence-corrected chi connectivity index (χ1v) is 11.6. The predicted octanol–water partition coefficient (Wildman–Crippen LogP) is 7.37. The van der Waals surface area contributed by atoms with E-state index in [4.69, 9.17) is 4.74 Å². The van der Waals surface area contributed by atoms with Crippen LogP contribution in [0.25, 0.3) is 0 Å². The van der Waals surface area contributed by atoms with Gasteiger partial charge in [-0.1, -0.05) is 25.7 Å². The minimum absolute atomic E-state index is 0.110. The third-order valence-corrected chi connectivity index (χ3v) is 7.81. The summed E-state index contributed by atoms with van der Waals surface area (Å²) in [5.41, 5.74) is 1.03. The first-order chi connectivity index (χ1) is 13.5. The average molecular weight is 391 g/mol. The van der Waals surface area contributed by atoms with Crippen LogP contribution in [0.5, 0.6) is 5.75 Å². The van der Waals surface area contributed by atoms with E-state index in [1.807, 2.05) is 0 Å². The van der Waals surface area contributed by atoms with Gasteiger partial charge in [-0.15, -0.1) is 0 Å². The Morgan fingerprint density at radius 2 is 1.21 bits per heavy atom. The van der Waals surface area contributed by atoms with Crippen LogP contribution in [0.1, 0.15) is 81.8 Å². The Morgan fingerprint density at radius 1 is 0.714 bits per heavy atom. The average Bonchev–Trinajstić information content (AvgIpc) is 3.51. The molecule has 0 saturated heterocycles. The van der Waals surface area contributed by atoms with Crippen LogP contribution in [-0.2, 0) is 0 Å². The topological polar surface area (TPSA) is 9.23 Å². The summed E-state index contributed by atoms with van der Waals surface area (Å²) in [7, 11) is 0. The highest BCUT2D eigenvalue weighted by atomic mass is 19.2. The molecule has 0 amide bonds. The van der Waals surface area contributed by atoms with Crippen molar-refractivity contribution in [2.24, 2.45) is 29.6 Å². The van der Waals surface area contributed by atoms with Crippen LogP contribution in [-0.4, -0.2) is 6.61 Å². The third-order valence-electron chi connectivity index (χ3n) is 7.81. The number of ether oxygens (including phenoxy) is 1. The van der Waals surface area contributed by atoms with Crippen LogP contribution in [0.4, 0.5) is 8.78 Å². The molecule has 0 aliphatic heterocycles. The molecule has 0 N–H and O–H groups in total. The Labute approximate surface area is 169 Å². The summed E-state index contributed by atoms with van der Waals surface area (Å²) < 4.78 is 33.8. The van der Waals surface area contributed by atoms with Gasteiger partial charge in [0.05, 0.1) is 6.61 Å². The van der Waals surface area contributed by atoms with Crippen LogP contribution < -0.4 is 4.74 Å². The van der Waals surface area contributed by atoms with Gasteiger partial charge in [0.15, 0.2) is 11.6 Å². The number of aryl methyl sites for hydroxylation is 2. The van der Waals surface area contributed by atoms with Gasteiger partial charge in [0.2, 0.25) is 5.82 Å². The van der Waals surface area contributed by atoms with Crippen LogP contribution in [0.15, 0.2) is 6.07 Å². The fourth-order valence-electron chi connectivity index (χ4n) is 5.82. The number of rotatable bonds is 6. The van der Waals surface area contributed by atoms with Gasteiger partial charge in [-0.3, -0.25) is 0 Å². The van der Waals surface area contributed by atoms with E-state index in [2.05, 4.69) is 0 Å². The van der Waals surface area contributed by atoms with Crippen molar-refractivity contribution in [3.05, 3.63) is 28.8 Å². The number of hydrogen-bond donors (Lipinski definition) is 0. The lowest BCUT2D eigenvalue weighted by Gasteiger charge is -2.38. The molecule has 0 bridgehead atoms. The Morgan fingerprint density at radius 3 is 1.75 bits per heavy atom. The Bertz CT molecular complexity index is 666. The van der Waals surface area contributed by atoms with Gasteiger partial charge in [-0.2, -0.15) is 4.39 Å². The Balaban J connectivity index is 1.21. The highest BCUT2D eigenvalue weighted by Gasteiger charge is 2.33. The number of halogens is 2. The van der Waals surface area contributed by atoms with E-state index < -0.39 is 11.6 Å². The second-order valence-corrected chi connectivity index (χ2v) is 10.0. The highest BCUT2D eigenvalue weighted by Crippen LogP contribution is 2.45. The van der Waals surface area contributed by atoms with Crippen molar-refractivity contribution in [1.82, 2.24) is 0 Å². The van der Waals surface area contributed by atoms with Crippen molar-refractivity contribution in [1.29, 1.82) is 0 Å². The van der Waals surface area contributed by atoms with E-state index in [9.17, 15) is 8.78 Å². The minimum atomic E-state index is -0.825. The fourth-order valence-corrected chi connectivity index (χ4v) is 5.82. The molecule has 28 heavy (non-hydrogen) atoms. The quantitative estimate of drug-likeness (QED) is 0.492. The summed E-state index contributed by atoms with van der Waals surface area (Å²) in [5, 5.41) is 0. The first kappa shape index (κ1) is 20.2. The Kier molecular flexibility index (Phi) is 6.27. The summed E-state index contributed by atoms with van der Waals surface area (Å²) in [6.07, 6.45) is 15.2. The van der Waals surface area contributed by atoms with Gasteiger partial charge in [0, 0.05) is 0 Å². The molecule has 0 radical (unpaired) electrons. The molecule has 3 aliphatic carbocycles. The zero-order valence-electron chi connectivity index (χ0n) is 17.6. The van der Waals surface area contributed by atoms with E-state index in [-0.39, 0.29) is 5.75 Å². The largest absolute Gasteiger partial charge is 0.490 e. The normalized spacial score (nSPS) is 31.0.